The number of imidazole rings is 1. The zero-order valence-corrected chi connectivity index (χ0v) is 13.1. The number of aliphatic hydroxyl groups excluding tert-OH is 1. The number of aromatic nitrogens is 2. The van der Waals surface area contributed by atoms with Gasteiger partial charge in [0.1, 0.15) is 5.69 Å². The van der Waals surface area contributed by atoms with E-state index in [1.807, 2.05) is 4.57 Å². The quantitative estimate of drug-likeness (QED) is 0.817. The third kappa shape index (κ3) is 2.63. The van der Waals surface area contributed by atoms with Gasteiger partial charge < -0.3 is 19.9 Å². The van der Waals surface area contributed by atoms with Crippen molar-refractivity contribution in [3.05, 3.63) is 17.7 Å². The molecular weight excluding hydrogens is 296 g/mol. The highest BCUT2D eigenvalue weighted by atomic mass is 16.3. The number of carbonyl (C=O) groups excluding carboxylic acids is 2. The van der Waals surface area contributed by atoms with E-state index >= 15 is 0 Å². The number of β-amino-alcohol motifs (C(OH)–C–C–N with tert-alkyl or cyclic N) is 1. The number of hydrogen-bond donors (Lipinski definition) is 2. The summed E-state index contributed by atoms with van der Waals surface area (Å²) in [4.78, 5) is 30.6. The number of fused-ring (bicyclic) bond motifs is 1. The SMILES string of the molecule is O=C(NC1CCC1)C1CCc2c(C(=O)N3CC(O)C3)ncn2C1. The minimum Gasteiger partial charge on any atom is -0.389 e. The van der Waals surface area contributed by atoms with E-state index in [9.17, 15) is 14.7 Å². The van der Waals surface area contributed by atoms with Crippen LogP contribution >= 0.6 is 0 Å². The summed E-state index contributed by atoms with van der Waals surface area (Å²) >= 11 is 0. The summed E-state index contributed by atoms with van der Waals surface area (Å²) in [6, 6.07) is 0.363. The van der Waals surface area contributed by atoms with Gasteiger partial charge in [-0.1, -0.05) is 0 Å². The molecule has 0 radical (unpaired) electrons. The maximum Gasteiger partial charge on any atom is 0.274 e. The van der Waals surface area contributed by atoms with E-state index in [2.05, 4.69) is 10.3 Å². The van der Waals surface area contributed by atoms with Gasteiger partial charge in [0.2, 0.25) is 5.91 Å². The molecule has 3 heterocycles. The molecule has 1 unspecified atom stereocenters. The van der Waals surface area contributed by atoms with Crippen molar-refractivity contribution in [2.75, 3.05) is 13.1 Å². The topological polar surface area (TPSA) is 87.5 Å². The molecule has 7 heteroatoms. The molecule has 2 aliphatic heterocycles. The average molecular weight is 318 g/mol. The number of carbonyl (C=O) groups is 2. The van der Waals surface area contributed by atoms with Crippen LogP contribution in [0.1, 0.15) is 41.9 Å². The average Bonchev–Trinajstić information content (AvgIpc) is 2.89. The molecule has 124 valence electrons. The fourth-order valence-electron chi connectivity index (χ4n) is 3.50. The molecule has 4 rings (SSSR count). The first kappa shape index (κ1) is 14.7. The Bertz CT molecular complexity index is 631. The van der Waals surface area contributed by atoms with E-state index in [1.54, 1.807) is 11.2 Å². The van der Waals surface area contributed by atoms with Gasteiger partial charge in [-0.3, -0.25) is 9.59 Å². The van der Waals surface area contributed by atoms with Gasteiger partial charge in [0.05, 0.1) is 24.0 Å². The molecule has 2 fully saturated rings. The Kier molecular flexibility index (Phi) is 3.60. The number of amides is 2. The molecule has 1 aromatic heterocycles. The molecule has 2 amide bonds. The minimum atomic E-state index is -0.406. The van der Waals surface area contributed by atoms with Gasteiger partial charge in [-0.2, -0.15) is 0 Å². The third-order valence-corrected chi connectivity index (χ3v) is 5.27. The Morgan fingerprint density at radius 2 is 2.00 bits per heavy atom. The lowest BCUT2D eigenvalue weighted by Crippen LogP contribution is -2.53. The second-order valence-corrected chi connectivity index (χ2v) is 6.93. The Balaban J connectivity index is 1.42. The molecule has 1 saturated heterocycles. The fraction of sp³-hybridized carbons (Fsp3) is 0.688. The number of nitrogens with one attached hydrogen (secondary N) is 1. The number of nitrogens with zero attached hydrogens (tertiary/aromatic N) is 3. The highest BCUT2D eigenvalue weighted by molar-refractivity contribution is 5.94. The molecule has 1 aliphatic carbocycles. The van der Waals surface area contributed by atoms with Crippen LogP contribution in [0.2, 0.25) is 0 Å². The minimum absolute atomic E-state index is 0.0360. The van der Waals surface area contributed by atoms with Crippen LogP contribution in [0, 0.1) is 5.92 Å². The van der Waals surface area contributed by atoms with Crippen molar-refractivity contribution < 1.29 is 14.7 Å². The largest absolute Gasteiger partial charge is 0.389 e. The van der Waals surface area contributed by atoms with Crippen LogP contribution in [0.4, 0.5) is 0 Å². The molecule has 0 aromatic carbocycles. The standard InChI is InChI=1S/C16H22N4O3/c21-12-7-19(8-12)16(23)14-13-5-4-10(6-20(13)9-17-14)15(22)18-11-2-1-3-11/h9-12,21H,1-8H2,(H,18,22). The van der Waals surface area contributed by atoms with Gasteiger partial charge in [-0.15, -0.1) is 0 Å². The molecule has 1 aromatic rings. The van der Waals surface area contributed by atoms with Crippen molar-refractivity contribution in [1.82, 2.24) is 19.8 Å². The lowest BCUT2D eigenvalue weighted by Gasteiger charge is -2.35. The lowest BCUT2D eigenvalue weighted by atomic mass is 9.91. The zero-order chi connectivity index (χ0) is 16.0. The van der Waals surface area contributed by atoms with Gasteiger partial charge in [0, 0.05) is 25.7 Å². The summed E-state index contributed by atoms with van der Waals surface area (Å²) < 4.78 is 1.94. The zero-order valence-electron chi connectivity index (χ0n) is 13.1. The summed E-state index contributed by atoms with van der Waals surface area (Å²) in [6.07, 6.45) is 6.11. The second kappa shape index (κ2) is 5.63. The summed E-state index contributed by atoms with van der Waals surface area (Å²) in [5.41, 5.74) is 1.40. The smallest absolute Gasteiger partial charge is 0.274 e. The molecule has 1 saturated carbocycles. The van der Waals surface area contributed by atoms with Gasteiger partial charge in [-0.05, 0) is 32.1 Å². The van der Waals surface area contributed by atoms with Crippen molar-refractivity contribution in [1.29, 1.82) is 0 Å². The molecule has 7 nitrogen and oxygen atoms in total. The maximum atomic E-state index is 12.4. The molecular formula is C16H22N4O3. The summed E-state index contributed by atoms with van der Waals surface area (Å²) in [6.45, 7) is 1.37. The van der Waals surface area contributed by atoms with Crippen LogP contribution in [0.3, 0.4) is 0 Å². The number of likely N-dealkylation sites (tertiary alicyclic amines) is 1. The lowest BCUT2D eigenvalue weighted by molar-refractivity contribution is -0.127. The van der Waals surface area contributed by atoms with E-state index in [4.69, 9.17) is 0 Å². The van der Waals surface area contributed by atoms with E-state index < -0.39 is 6.10 Å². The molecule has 3 aliphatic rings. The highest BCUT2D eigenvalue weighted by Crippen LogP contribution is 2.26. The van der Waals surface area contributed by atoms with Crippen molar-refractivity contribution in [3.63, 3.8) is 0 Å². The molecule has 1 atom stereocenters. The first-order chi connectivity index (χ1) is 11.1. The van der Waals surface area contributed by atoms with E-state index in [1.165, 1.54) is 6.42 Å². The Morgan fingerprint density at radius 3 is 2.65 bits per heavy atom. The number of hydrogen-bond acceptors (Lipinski definition) is 4. The van der Waals surface area contributed by atoms with Crippen LogP contribution < -0.4 is 5.32 Å². The van der Waals surface area contributed by atoms with Crippen LogP contribution in [0.5, 0.6) is 0 Å². The Morgan fingerprint density at radius 1 is 1.22 bits per heavy atom. The highest BCUT2D eigenvalue weighted by Gasteiger charge is 2.35. The fourth-order valence-corrected chi connectivity index (χ4v) is 3.50. The van der Waals surface area contributed by atoms with Crippen molar-refractivity contribution >= 4 is 11.8 Å². The first-order valence-corrected chi connectivity index (χ1v) is 8.43. The normalized spacial score (nSPS) is 24.6. The van der Waals surface area contributed by atoms with Gasteiger partial charge in [0.25, 0.3) is 5.91 Å². The third-order valence-electron chi connectivity index (χ3n) is 5.27. The van der Waals surface area contributed by atoms with Crippen LogP contribution in [0.15, 0.2) is 6.33 Å². The van der Waals surface area contributed by atoms with Gasteiger partial charge in [0.15, 0.2) is 0 Å². The van der Waals surface area contributed by atoms with E-state index in [-0.39, 0.29) is 17.7 Å². The monoisotopic (exact) mass is 318 g/mol. The maximum absolute atomic E-state index is 12.4. The molecule has 23 heavy (non-hydrogen) atoms. The summed E-state index contributed by atoms with van der Waals surface area (Å²) in [5, 5.41) is 12.4. The first-order valence-electron chi connectivity index (χ1n) is 8.43. The predicted octanol–water partition coefficient (Wildman–Crippen LogP) is -0.0691. The number of rotatable bonds is 3. The van der Waals surface area contributed by atoms with Crippen molar-refractivity contribution in [2.45, 2.75) is 50.8 Å². The van der Waals surface area contributed by atoms with Gasteiger partial charge >= 0.3 is 0 Å². The summed E-state index contributed by atoms with van der Waals surface area (Å²) in [5.74, 6) is -0.0136. The van der Waals surface area contributed by atoms with Crippen LogP contribution in [-0.2, 0) is 17.8 Å². The summed E-state index contributed by atoms with van der Waals surface area (Å²) in [7, 11) is 0. The Labute approximate surface area is 134 Å². The van der Waals surface area contributed by atoms with Crippen LogP contribution in [-0.4, -0.2) is 56.6 Å². The molecule has 0 bridgehead atoms. The van der Waals surface area contributed by atoms with Crippen molar-refractivity contribution in [2.24, 2.45) is 5.92 Å². The molecule has 0 spiro atoms. The second-order valence-electron chi connectivity index (χ2n) is 6.93. The Hall–Kier alpha value is -1.89. The van der Waals surface area contributed by atoms with Crippen molar-refractivity contribution in [3.8, 4) is 0 Å². The molecule has 2 N–H and O–H groups in total. The number of aliphatic hydroxyl groups is 1. The van der Waals surface area contributed by atoms with Crippen LogP contribution in [0.25, 0.3) is 0 Å². The predicted molar refractivity (Wildman–Crippen MR) is 81.7 cm³/mol. The van der Waals surface area contributed by atoms with Gasteiger partial charge in [-0.25, -0.2) is 4.98 Å². The van der Waals surface area contributed by atoms with E-state index in [0.29, 0.717) is 37.8 Å². The van der Waals surface area contributed by atoms with E-state index in [0.717, 1.165) is 25.0 Å².